The summed E-state index contributed by atoms with van der Waals surface area (Å²) in [6.45, 7) is 3.97. The number of hydrogen-bond donors (Lipinski definition) is 0. The minimum atomic E-state index is 0.00247. The second kappa shape index (κ2) is 8.09. The minimum absolute atomic E-state index is 0.00247. The van der Waals surface area contributed by atoms with E-state index in [-0.39, 0.29) is 5.91 Å². The molecule has 1 aliphatic rings. The van der Waals surface area contributed by atoms with Crippen molar-refractivity contribution in [2.24, 2.45) is 0 Å². The summed E-state index contributed by atoms with van der Waals surface area (Å²) in [7, 11) is 1.67. The van der Waals surface area contributed by atoms with Crippen LogP contribution in [0, 0.1) is 0 Å². The fourth-order valence-corrected chi connectivity index (χ4v) is 3.21. The highest BCUT2D eigenvalue weighted by Gasteiger charge is 2.22. The maximum absolute atomic E-state index is 12.6. The molecule has 0 radical (unpaired) electrons. The Labute approximate surface area is 157 Å². The van der Waals surface area contributed by atoms with Crippen LogP contribution in [-0.4, -0.2) is 49.0 Å². The van der Waals surface area contributed by atoms with E-state index in [1.165, 1.54) is 5.56 Å². The number of carbonyl (C=O) groups is 1. The summed E-state index contributed by atoms with van der Waals surface area (Å²) in [5, 5.41) is 0.869. The summed E-state index contributed by atoms with van der Waals surface area (Å²) >= 11 is 11.9. The molecule has 6 heteroatoms. The van der Waals surface area contributed by atoms with Gasteiger partial charge in [0.2, 0.25) is 0 Å². The van der Waals surface area contributed by atoms with Gasteiger partial charge in [0.1, 0.15) is 5.75 Å². The molecular formula is C19H20Cl2N2O2. The van der Waals surface area contributed by atoms with Gasteiger partial charge in [-0.3, -0.25) is 9.69 Å². The predicted molar refractivity (Wildman–Crippen MR) is 101 cm³/mol. The number of piperazine rings is 1. The molecular weight excluding hydrogens is 359 g/mol. The van der Waals surface area contributed by atoms with E-state index in [0.717, 1.165) is 25.4 Å². The molecule has 3 rings (SSSR count). The molecule has 25 heavy (non-hydrogen) atoms. The molecule has 0 aliphatic carbocycles. The number of benzene rings is 2. The number of hydrogen-bond acceptors (Lipinski definition) is 3. The van der Waals surface area contributed by atoms with Crippen molar-refractivity contribution in [1.29, 1.82) is 0 Å². The second-order valence-corrected chi connectivity index (χ2v) is 6.86. The average Bonchev–Trinajstić information content (AvgIpc) is 2.65. The fraction of sp³-hybridized carbons (Fsp3) is 0.316. The third kappa shape index (κ3) is 4.46. The van der Waals surface area contributed by atoms with Crippen molar-refractivity contribution >= 4 is 29.1 Å². The molecule has 2 aromatic rings. The van der Waals surface area contributed by atoms with Crippen LogP contribution in [0.4, 0.5) is 0 Å². The smallest absolute Gasteiger partial charge is 0.253 e. The summed E-state index contributed by atoms with van der Waals surface area (Å²) in [4.78, 5) is 16.8. The third-order valence-corrected chi connectivity index (χ3v) is 5.13. The van der Waals surface area contributed by atoms with E-state index in [0.29, 0.717) is 28.7 Å². The second-order valence-electron chi connectivity index (χ2n) is 6.05. The first kappa shape index (κ1) is 18.1. The molecule has 132 valence electrons. The molecule has 1 saturated heterocycles. The van der Waals surface area contributed by atoms with Gasteiger partial charge in [-0.1, -0.05) is 35.3 Å². The van der Waals surface area contributed by atoms with Gasteiger partial charge in [0, 0.05) is 38.3 Å². The van der Waals surface area contributed by atoms with E-state index < -0.39 is 0 Å². The predicted octanol–water partition coefficient (Wildman–Crippen LogP) is 3.96. The first-order chi connectivity index (χ1) is 12.1. The van der Waals surface area contributed by atoms with Crippen LogP contribution in [0.1, 0.15) is 15.9 Å². The molecule has 1 heterocycles. The Morgan fingerprint density at radius 3 is 2.28 bits per heavy atom. The lowest BCUT2D eigenvalue weighted by molar-refractivity contribution is 0.0628. The molecule has 1 aliphatic heterocycles. The number of methoxy groups -OCH3 is 1. The van der Waals surface area contributed by atoms with Gasteiger partial charge in [-0.2, -0.15) is 0 Å². The summed E-state index contributed by atoms with van der Waals surface area (Å²) in [5.41, 5.74) is 1.82. The Kier molecular flexibility index (Phi) is 5.84. The zero-order valence-corrected chi connectivity index (χ0v) is 15.6. The molecule has 2 aromatic carbocycles. The molecule has 1 amide bonds. The molecule has 4 nitrogen and oxygen atoms in total. The van der Waals surface area contributed by atoms with Crippen molar-refractivity contribution in [2.45, 2.75) is 6.54 Å². The van der Waals surface area contributed by atoms with Crippen LogP contribution in [0.25, 0.3) is 0 Å². The minimum Gasteiger partial charge on any atom is -0.497 e. The number of carbonyl (C=O) groups excluding carboxylic acids is 1. The van der Waals surface area contributed by atoms with Crippen LogP contribution in [-0.2, 0) is 6.54 Å². The Bertz CT molecular complexity index is 742. The van der Waals surface area contributed by atoms with Crippen LogP contribution in [0.15, 0.2) is 42.5 Å². The first-order valence-corrected chi connectivity index (χ1v) is 8.92. The Morgan fingerprint density at radius 1 is 1.00 bits per heavy atom. The highest BCUT2D eigenvalue weighted by atomic mass is 35.5. The maximum Gasteiger partial charge on any atom is 0.253 e. The summed E-state index contributed by atoms with van der Waals surface area (Å²) in [6.07, 6.45) is 0. The molecule has 0 unspecified atom stereocenters. The Balaban J connectivity index is 1.55. The summed E-state index contributed by atoms with van der Waals surface area (Å²) in [6, 6.07) is 13.1. The lowest BCUT2D eigenvalue weighted by atomic mass is 10.1. The van der Waals surface area contributed by atoms with Crippen molar-refractivity contribution in [3.8, 4) is 5.75 Å². The number of halogens is 2. The molecule has 0 spiro atoms. The molecule has 0 atom stereocenters. The highest BCUT2D eigenvalue weighted by molar-refractivity contribution is 6.42. The van der Waals surface area contributed by atoms with Gasteiger partial charge >= 0.3 is 0 Å². The summed E-state index contributed by atoms with van der Waals surface area (Å²) in [5.74, 6) is 0.864. The van der Waals surface area contributed by atoms with Gasteiger partial charge in [0.05, 0.1) is 17.2 Å². The lowest BCUT2D eigenvalue weighted by Crippen LogP contribution is -2.48. The first-order valence-electron chi connectivity index (χ1n) is 8.16. The fourth-order valence-electron chi connectivity index (χ4n) is 2.91. The van der Waals surface area contributed by atoms with E-state index in [1.54, 1.807) is 25.3 Å². The molecule has 0 bridgehead atoms. The molecule has 0 aromatic heterocycles. The van der Waals surface area contributed by atoms with Gasteiger partial charge in [0.25, 0.3) is 5.91 Å². The van der Waals surface area contributed by atoms with E-state index in [1.807, 2.05) is 17.0 Å². The standard InChI is InChI=1S/C19H20Cl2N2O2/c1-25-16-5-2-14(3-6-16)13-22-8-10-23(11-9-22)19(24)15-4-7-17(20)18(21)12-15/h2-7,12H,8-11,13H2,1H3. The SMILES string of the molecule is COc1ccc(CN2CCN(C(=O)c3ccc(Cl)c(Cl)c3)CC2)cc1. The molecule has 1 fully saturated rings. The van der Waals surface area contributed by atoms with E-state index in [2.05, 4.69) is 17.0 Å². The van der Waals surface area contributed by atoms with Gasteiger partial charge in [-0.05, 0) is 35.9 Å². The van der Waals surface area contributed by atoms with Gasteiger partial charge in [-0.25, -0.2) is 0 Å². The maximum atomic E-state index is 12.6. The van der Waals surface area contributed by atoms with Crippen LogP contribution < -0.4 is 4.74 Å². The average molecular weight is 379 g/mol. The van der Waals surface area contributed by atoms with Crippen molar-refractivity contribution in [3.63, 3.8) is 0 Å². The van der Waals surface area contributed by atoms with Crippen LogP contribution >= 0.6 is 23.2 Å². The van der Waals surface area contributed by atoms with Crippen molar-refractivity contribution in [2.75, 3.05) is 33.3 Å². The summed E-state index contributed by atoms with van der Waals surface area (Å²) < 4.78 is 5.18. The van der Waals surface area contributed by atoms with Crippen molar-refractivity contribution in [1.82, 2.24) is 9.80 Å². The topological polar surface area (TPSA) is 32.8 Å². The van der Waals surface area contributed by atoms with Crippen molar-refractivity contribution in [3.05, 3.63) is 63.6 Å². The number of ether oxygens (including phenoxy) is 1. The monoisotopic (exact) mass is 378 g/mol. The van der Waals surface area contributed by atoms with Crippen LogP contribution in [0.5, 0.6) is 5.75 Å². The van der Waals surface area contributed by atoms with Gasteiger partial charge in [-0.15, -0.1) is 0 Å². The molecule has 0 saturated carbocycles. The molecule has 0 N–H and O–H groups in total. The largest absolute Gasteiger partial charge is 0.497 e. The highest BCUT2D eigenvalue weighted by Crippen LogP contribution is 2.23. The zero-order chi connectivity index (χ0) is 17.8. The van der Waals surface area contributed by atoms with Crippen LogP contribution in [0.3, 0.4) is 0 Å². The van der Waals surface area contributed by atoms with Crippen molar-refractivity contribution < 1.29 is 9.53 Å². The third-order valence-electron chi connectivity index (χ3n) is 4.39. The number of nitrogens with zero attached hydrogens (tertiary/aromatic N) is 2. The van der Waals surface area contributed by atoms with Gasteiger partial charge < -0.3 is 9.64 Å². The zero-order valence-electron chi connectivity index (χ0n) is 14.0. The quantitative estimate of drug-likeness (QED) is 0.806. The van der Waals surface area contributed by atoms with Crippen LogP contribution in [0.2, 0.25) is 10.0 Å². The Morgan fingerprint density at radius 2 is 1.68 bits per heavy atom. The number of amides is 1. The lowest BCUT2D eigenvalue weighted by Gasteiger charge is -2.34. The van der Waals surface area contributed by atoms with E-state index in [4.69, 9.17) is 27.9 Å². The van der Waals surface area contributed by atoms with E-state index >= 15 is 0 Å². The Hall–Kier alpha value is -1.75. The number of rotatable bonds is 4. The van der Waals surface area contributed by atoms with E-state index in [9.17, 15) is 4.79 Å². The normalized spacial score (nSPS) is 15.2. The van der Waals surface area contributed by atoms with Gasteiger partial charge in [0.15, 0.2) is 0 Å².